The predicted octanol–water partition coefficient (Wildman–Crippen LogP) is 2.74. The molecule has 0 fully saturated rings. The van der Waals surface area contributed by atoms with Crippen LogP contribution in [-0.2, 0) is 6.54 Å². The minimum Gasteiger partial charge on any atom is -0.433 e. The van der Waals surface area contributed by atoms with Crippen molar-refractivity contribution in [1.82, 2.24) is 14.5 Å². The van der Waals surface area contributed by atoms with E-state index in [1.54, 1.807) is 16.8 Å². The van der Waals surface area contributed by atoms with Crippen LogP contribution >= 0.6 is 11.6 Å². The molecule has 0 bridgehead atoms. The zero-order valence-corrected chi connectivity index (χ0v) is 11.5. The first-order valence-corrected chi connectivity index (χ1v) is 6.28. The van der Waals surface area contributed by atoms with Crippen LogP contribution in [0, 0.1) is 5.92 Å². The second-order valence-corrected chi connectivity index (χ2v) is 4.96. The number of nitrogens with zero attached hydrogens (tertiary/aromatic N) is 3. The van der Waals surface area contributed by atoms with Gasteiger partial charge in [0.15, 0.2) is 0 Å². The van der Waals surface area contributed by atoms with Gasteiger partial charge in [-0.15, -0.1) is 0 Å². The van der Waals surface area contributed by atoms with Gasteiger partial charge in [0.2, 0.25) is 0 Å². The molecule has 0 saturated heterocycles. The average Bonchev–Trinajstić information content (AvgIpc) is 2.34. The predicted molar refractivity (Wildman–Crippen MR) is 72.7 cm³/mol. The first kappa shape index (κ1) is 13.5. The fraction of sp³-hybridized carbons (Fsp3) is 0.308. The summed E-state index contributed by atoms with van der Waals surface area (Å²) in [6.45, 7) is 4.69. The van der Waals surface area contributed by atoms with Gasteiger partial charge in [-0.3, -0.25) is 9.78 Å². The molecular weight excluding hydrogens is 266 g/mol. The summed E-state index contributed by atoms with van der Waals surface area (Å²) in [5.74, 6) is 0.771. The smallest absolute Gasteiger partial charge is 0.313 e. The third-order valence-corrected chi connectivity index (χ3v) is 2.55. The molecule has 0 aliphatic rings. The molecule has 0 atom stereocenters. The molecule has 19 heavy (non-hydrogen) atoms. The summed E-state index contributed by atoms with van der Waals surface area (Å²) in [6, 6.07) is 1.58. The largest absolute Gasteiger partial charge is 0.433 e. The molecule has 0 aliphatic carbocycles. The maximum absolute atomic E-state index is 12.1. The van der Waals surface area contributed by atoms with Crippen molar-refractivity contribution in [3.63, 3.8) is 0 Å². The second kappa shape index (κ2) is 5.84. The Kier molecular flexibility index (Phi) is 4.16. The molecule has 0 saturated carbocycles. The van der Waals surface area contributed by atoms with Crippen LogP contribution in [0.4, 0.5) is 0 Å². The van der Waals surface area contributed by atoms with Crippen LogP contribution in [-0.4, -0.2) is 14.5 Å². The Morgan fingerprint density at radius 1 is 1.42 bits per heavy atom. The molecule has 0 radical (unpaired) electrons. The molecule has 0 N–H and O–H groups in total. The summed E-state index contributed by atoms with van der Waals surface area (Å²) in [4.78, 5) is 19.9. The zero-order chi connectivity index (χ0) is 13.8. The molecule has 5 nitrogen and oxygen atoms in total. The van der Waals surface area contributed by atoms with E-state index < -0.39 is 0 Å². The molecule has 0 aliphatic heterocycles. The van der Waals surface area contributed by atoms with Crippen molar-refractivity contribution in [2.75, 3.05) is 0 Å². The molecule has 0 spiro atoms. The lowest BCUT2D eigenvalue weighted by molar-refractivity contribution is 0.431. The molecule has 0 amide bonds. The Labute approximate surface area is 115 Å². The molecular formula is C13H14ClN3O2. The van der Waals surface area contributed by atoms with E-state index in [2.05, 4.69) is 9.97 Å². The number of rotatable bonds is 4. The van der Waals surface area contributed by atoms with Gasteiger partial charge >= 0.3 is 5.56 Å². The highest BCUT2D eigenvalue weighted by molar-refractivity contribution is 6.30. The van der Waals surface area contributed by atoms with Crippen molar-refractivity contribution < 1.29 is 4.74 Å². The van der Waals surface area contributed by atoms with Crippen molar-refractivity contribution in [2.24, 2.45) is 5.92 Å². The first-order valence-electron chi connectivity index (χ1n) is 5.90. The lowest BCUT2D eigenvalue weighted by atomic mass is 10.2. The van der Waals surface area contributed by atoms with Crippen molar-refractivity contribution >= 4 is 11.6 Å². The number of hydrogen-bond donors (Lipinski definition) is 0. The molecule has 0 unspecified atom stereocenters. The molecule has 0 aromatic carbocycles. The van der Waals surface area contributed by atoms with Crippen LogP contribution in [0.25, 0.3) is 0 Å². The maximum Gasteiger partial charge on any atom is 0.313 e. The monoisotopic (exact) mass is 279 g/mol. The molecule has 2 rings (SSSR count). The summed E-state index contributed by atoms with van der Waals surface area (Å²) >= 11 is 5.80. The van der Waals surface area contributed by atoms with E-state index in [4.69, 9.17) is 16.3 Å². The highest BCUT2D eigenvalue weighted by Gasteiger charge is 2.09. The van der Waals surface area contributed by atoms with Crippen LogP contribution in [0.3, 0.4) is 0 Å². The highest BCUT2D eigenvalue weighted by atomic mass is 35.5. The van der Waals surface area contributed by atoms with Gasteiger partial charge in [-0.2, -0.15) is 0 Å². The van der Waals surface area contributed by atoms with E-state index in [9.17, 15) is 4.79 Å². The van der Waals surface area contributed by atoms with Crippen LogP contribution in [0.5, 0.6) is 11.6 Å². The third kappa shape index (κ3) is 3.54. The number of halogens is 1. The van der Waals surface area contributed by atoms with Gasteiger partial charge in [-0.1, -0.05) is 25.4 Å². The minimum absolute atomic E-state index is 0.0206. The Hall–Kier alpha value is -1.88. The Bertz CT molecular complexity index is 625. The Morgan fingerprint density at radius 3 is 2.89 bits per heavy atom. The molecule has 6 heteroatoms. The minimum atomic E-state index is -0.267. The number of hydrogen-bond acceptors (Lipinski definition) is 4. The van der Waals surface area contributed by atoms with Crippen LogP contribution in [0.15, 0.2) is 35.6 Å². The van der Waals surface area contributed by atoms with Crippen molar-refractivity contribution in [1.29, 1.82) is 0 Å². The van der Waals surface area contributed by atoms with Crippen molar-refractivity contribution in [2.45, 2.75) is 20.4 Å². The second-order valence-electron chi connectivity index (χ2n) is 4.52. The van der Waals surface area contributed by atoms with Gasteiger partial charge in [-0.05, 0) is 5.92 Å². The van der Waals surface area contributed by atoms with E-state index in [0.717, 1.165) is 0 Å². The maximum atomic E-state index is 12.1. The van der Waals surface area contributed by atoms with Crippen LogP contribution in [0.2, 0.25) is 5.02 Å². The normalized spacial score (nSPS) is 10.7. The number of pyridine rings is 1. The number of aromatic nitrogens is 3. The quantitative estimate of drug-likeness (QED) is 0.863. The number of ether oxygens (including phenoxy) is 1. The van der Waals surface area contributed by atoms with Gasteiger partial charge < -0.3 is 9.30 Å². The van der Waals surface area contributed by atoms with Crippen molar-refractivity contribution in [3.8, 4) is 11.6 Å². The highest BCUT2D eigenvalue weighted by Crippen LogP contribution is 2.19. The summed E-state index contributed by atoms with van der Waals surface area (Å²) in [6.07, 6.45) is 6.15. The fourth-order valence-electron chi connectivity index (χ4n) is 1.59. The Balaban J connectivity index is 2.28. The van der Waals surface area contributed by atoms with E-state index in [-0.39, 0.29) is 11.4 Å². The van der Waals surface area contributed by atoms with E-state index in [1.165, 1.54) is 18.6 Å². The first-order chi connectivity index (χ1) is 9.06. The third-order valence-electron chi connectivity index (χ3n) is 2.34. The van der Waals surface area contributed by atoms with Gasteiger partial charge in [0, 0.05) is 31.2 Å². The van der Waals surface area contributed by atoms with E-state index >= 15 is 0 Å². The zero-order valence-electron chi connectivity index (χ0n) is 10.7. The summed E-state index contributed by atoms with van der Waals surface area (Å²) in [7, 11) is 0. The summed E-state index contributed by atoms with van der Waals surface area (Å²) in [5, 5.41) is 0.441. The van der Waals surface area contributed by atoms with Crippen molar-refractivity contribution in [3.05, 3.63) is 46.2 Å². The summed E-state index contributed by atoms with van der Waals surface area (Å²) < 4.78 is 7.00. The lowest BCUT2D eigenvalue weighted by Gasteiger charge is -2.10. The topological polar surface area (TPSA) is 57.0 Å². The van der Waals surface area contributed by atoms with Gasteiger partial charge in [0.25, 0.3) is 5.88 Å². The van der Waals surface area contributed by atoms with Crippen LogP contribution in [0.1, 0.15) is 13.8 Å². The fourth-order valence-corrected chi connectivity index (χ4v) is 1.76. The van der Waals surface area contributed by atoms with Gasteiger partial charge in [0.1, 0.15) is 5.75 Å². The van der Waals surface area contributed by atoms with Gasteiger partial charge in [-0.25, -0.2) is 4.98 Å². The van der Waals surface area contributed by atoms with E-state index in [1.807, 2.05) is 13.8 Å². The van der Waals surface area contributed by atoms with E-state index in [0.29, 0.717) is 23.2 Å². The molecule has 100 valence electrons. The Morgan fingerprint density at radius 2 is 2.21 bits per heavy atom. The molecule has 2 heterocycles. The molecule has 2 aromatic rings. The standard InChI is InChI=1S/C13H14ClN3O2/c1-9(2)8-17-4-3-16-12(13(17)18)19-11-5-10(14)6-15-7-11/h3-7,9H,8H2,1-2H3. The lowest BCUT2D eigenvalue weighted by Crippen LogP contribution is -2.23. The molecule has 2 aromatic heterocycles. The van der Waals surface area contributed by atoms with Crippen LogP contribution < -0.4 is 10.3 Å². The SMILES string of the molecule is CC(C)Cn1ccnc(Oc2cncc(Cl)c2)c1=O. The van der Waals surface area contributed by atoms with Gasteiger partial charge in [0.05, 0.1) is 11.2 Å². The summed E-state index contributed by atoms with van der Waals surface area (Å²) in [5.41, 5.74) is -0.267. The average molecular weight is 280 g/mol.